The van der Waals surface area contributed by atoms with Crippen molar-refractivity contribution in [3.63, 3.8) is 0 Å². The Labute approximate surface area is 133 Å². The van der Waals surface area contributed by atoms with Gasteiger partial charge in [-0.2, -0.15) is 0 Å². The second-order valence-corrected chi connectivity index (χ2v) is 5.64. The number of ether oxygens (including phenoxy) is 1. The third kappa shape index (κ3) is 3.76. The molecule has 0 heterocycles. The van der Waals surface area contributed by atoms with Crippen LogP contribution in [-0.4, -0.2) is 20.0 Å². The average molecular weight is 348 g/mol. The summed E-state index contributed by atoms with van der Waals surface area (Å²) in [6.07, 6.45) is 0. The van der Waals surface area contributed by atoms with Crippen molar-refractivity contribution in [2.75, 3.05) is 19.1 Å². The zero-order chi connectivity index (χ0) is 15.4. The third-order valence-corrected chi connectivity index (χ3v) is 3.85. The number of nitrogens with two attached hydrogens (primary N) is 1. The maximum atomic E-state index is 7.51. The number of nitrogen functional groups attached to an aromatic ring is 1. The molecule has 3 N–H and O–H groups in total. The number of hydrogen-bond acceptors (Lipinski definition) is 3. The van der Waals surface area contributed by atoms with Crippen molar-refractivity contribution < 1.29 is 4.74 Å². The first-order valence-corrected chi connectivity index (χ1v) is 7.28. The molecule has 0 atom stereocenters. The number of benzene rings is 2. The van der Waals surface area contributed by atoms with Gasteiger partial charge in [0.2, 0.25) is 0 Å². The number of amidine groups is 1. The minimum atomic E-state index is 0.0810. The lowest BCUT2D eigenvalue weighted by atomic mass is 10.1. The van der Waals surface area contributed by atoms with Gasteiger partial charge in [0.25, 0.3) is 0 Å². The summed E-state index contributed by atoms with van der Waals surface area (Å²) < 4.78 is 6.17. The van der Waals surface area contributed by atoms with Crippen LogP contribution in [-0.2, 0) is 6.54 Å². The molecule has 0 unspecified atom stereocenters. The Kier molecular flexibility index (Phi) is 4.85. The van der Waals surface area contributed by atoms with Crippen LogP contribution in [0.3, 0.4) is 0 Å². The number of hydrogen-bond donors (Lipinski definition) is 2. The first-order valence-electron chi connectivity index (χ1n) is 6.49. The molecule has 0 amide bonds. The number of rotatable bonds is 5. The van der Waals surface area contributed by atoms with E-state index in [0.29, 0.717) is 0 Å². The van der Waals surface area contributed by atoms with Crippen LogP contribution in [0.1, 0.15) is 11.1 Å². The number of nitrogens with zero attached hydrogens (tertiary/aromatic N) is 1. The monoisotopic (exact) mass is 347 g/mol. The van der Waals surface area contributed by atoms with E-state index in [4.69, 9.17) is 15.9 Å². The molecule has 0 radical (unpaired) electrons. The van der Waals surface area contributed by atoms with Gasteiger partial charge in [0, 0.05) is 24.8 Å². The summed E-state index contributed by atoms with van der Waals surface area (Å²) in [6, 6.07) is 13.7. The van der Waals surface area contributed by atoms with Gasteiger partial charge in [-0.25, -0.2) is 0 Å². The third-order valence-electron chi connectivity index (χ3n) is 3.23. The van der Waals surface area contributed by atoms with Crippen LogP contribution in [0.4, 0.5) is 5.69 Å². The van der Waals surface area contributed by atoms with Gasteiger partial charge in [-0.1, -0.05) is 18.2 Å². The minimum absolute atomic E-state index is 0.0810. The van der Waals surface area contributed by atoms with Gasteiger partial charge in [0.05, 0.1) is 11.6 Å². The van der Waals surface area contributed by atoms with Crippen molar-refractivity contribution in [2.45, 2.75) is 6.54 Å². The smallest absolute Gasteiger partial charge is 0.133 e. The molecular weight excluding hydrogens is 330 g/mol. The van der Waals surface area contributed by atoms with Gasteiger partial charge in [-0.05, 0) is 45.8 Å². The standard InChI is InChI=1S/C16H18BrN3O/c1-20(13-5-3-4-12(9-13)16(18)19)10-11-6-7-15(21-2)14(17)8-11/h3-9H,10H2,1-2H3,(H3,18,19). The average Bonchev–Trinajstić information content (AvgIpc) is 2.47. The van der Waals surface area contributed by atoms with Crippen LogP contribution in [0, 0.1) is 5.41 Å². The highest BCUT2D eigenvalue weighted by Crippen LogP contribution is 2.26. The molecule has 2 aromatic rings. The molecule has 0 spiro atoms. The van der Waals surface area contributed by atoms with Crippen LogP contribution in [0.5, 0.6) is 5.75 Å². The molecule has 2 aromatic carbocycles. The fourth-order valence-electron chi connectivity index (χ4n) is 2.08. The first kappa shape index (κ1) is 15.4. The molecule has 0 aliphatic carbocycles. The normalized spacial score (nSPS) is 10.2. The highest BCUT2D eigenvalue weighted by atomic mass is 79.9. The second-order valence-electron chi connectivity index (χ2n) is 4.79. The number of anilines is 1. The summed E-state index contributed by atoms with van der Waals surface area (Å²) in [5.41, 5.74) is 8.45. The minimum Gasteiger partial charge on any atom is -0.496 e. The summed E-state index contributed by atoms with van der Waals surface area (Å²) in [5, 5.41) is 7.51. The topological polar surface area (TPSA) is 62.3 Å². The molecule has 0 bridgehead atoms. The Balaban J connectivity index is 2.17. The fraction of sp³-hybridized carbons (Fsp3) is 0.188. The van der Waals surface area contributed by atoms with Crippen molar-refractivity contribution in [1.82, 2.24) is 0 Å². The molecule has 4 nitrogen and oxygen atoms in total. The quantitative estimate of drug-likeness (QED) is 0.643. The fourth-order valence-corrected chi connectivity index (χ4v) is 2.67. The molecule has 5 heteroatoms. The highest BCUT2D eigenvalue weighted by Gasteiger charge is 2.07. The van der Waals surface area contributed by atoms with Gasteiger partial charge in [0.1, 0.15) is 11.6 Å². The van der Waals surface area contributed by atoms with Crippen molar-refractivity contribution in [3.05, 3.63) is 58.1 Å². The first-order chi connectivity index (χ1) is 10.0. The summed E-state index contributed by atoms with van der Waals surface area (Å²) in [6.45, 7) is 0.754. The Morgan fingerprint density at radius 1 is 1.29 bits per heavy atom. The summed E-state index contributed by atoms with van der Waals surface area (Å²) in [4.78, 5) is 2.11. The maximum Gasteiger partial charge on any atom is 0.133 e. The van der Waals surface area contributed by atoms with Gasteiger partial charge >= 0.3 is 0 Å². The van der Waals surface area contributed by atoms with Crippen molar-refractivity contribution in [1.29, 1.82) is 5.41 Å². The van der Waals surface area contributed by atoms with Crippen LogP contribution < -0.4 is 15.4 Å². The van der Waals surface area contributed by atoms with E-state index in [0.717, 1.165) is 28.0 Å². The lowest BCUT2D eigenvalue weighted by Crippen LogP contribution is -2.18. The van der Waals surface area contributed by atoms with Gasteiger partial charge in [0.15, 0.2) is 0 Å². The Morgan fingerprint density at radius 2 is 2.05 bits per heavy atom. The molecule has 0 aliphatic heterocycles. The molecular formula is C16H18BrN3O. The van der Waals surface area contributed by atoms with Gasteiger partial charge in [-0.3, -0.25) is 5.41 Å². The van der Waals surface area contributed by atoms with Crippen LogP contribution in [0.15, 0.2) is 46.9 Å². The summed E-state index contributed by atoms with van der Waals surface area (Å²) in [7, 11) is 3.66. The summed E-state index contributed by atoms with van der Waals surface area (Å²) in [5.74, 6) is 0.900. The number of halogens is 1. The molecule has 0 saturated heterocycles. The highest BCUT2D eigenvalue weighted by molar-refractivity contribution is 9.10. The zero-order valence-corrected chi connectivity index (χ0v) is 13.6. The summed E-state index contributed by atoms with van der Waals surface area (Å²) >= 11 is 3.50. The van der Waals surface area contributed by atoms with Crippen LogP contribution in [0.2, 0.25) is 0 Å². The van der Waals surface area contributed by atoms with E-state index in [1.165, 1.54) is 5.56 Å². The van der Waals surface area contributed by atoms with E-state index in [-0.39, 0.29) is 5.84 Å². The SMILES string of the molecule is COc1ccc(CN(C)c2cccc(C(=N)N)c2)cc1Br. The van der Waals surface area contributed by atoms with Crippen molar-refractivity contribution in [2.24, 2.45) is 5.73 Å². The molecule has 0 fully saturated rings. The lowest BCUT2D eigenvalue weighted by Gasteiger charge is -2.20. The van der Waals surface area contributed by atoms with Crippen LogP contribution >= 0.6 is 15.9 Å². The van der Waals surface area contributed by atoms with Crippen LogP contribution in [0.25, 0.3) is 0 Å². The lowest BCUT2D eigenvalue weighted by molar-refractivity contribution is 0.412. The van der Waals surface area contributed by atoms with Crippen molar-refractivity contribution >= 4 is 27.5 Å². The van der Waals surface area contributed by atoms with E-state index in [1.54, 1.807) is 7.11 Å². The van der Waals surface area contributed by atoms with Gasteiger partial charge < -0.3 is 15.4 Å². The molecule has 0 saturated carbocycles. The predicted octanol–water partition coefficient (Wildman–Crippen LogP) is 3.38. The Bertz CT molecular complexity index is 658. The van der Waals surface area contributed by atoms with Crippen molar-refractivity contribution in [3.8, 4) is 5.75 Å². The van der Waals surface area contributed by atoms with Gasteiger partial charge in [-0.15, -0.1) is 0 Å². The van der Waals surface area contributed by atoms with E-state index in [2.05, 4.69) is 20.8 Å². The van der Waals surface area contributed by atoms with E-state index in [9.17, 15) is 0 Å². The molecule has 2 rings (SSSR count). The zero-order valence-electron chi connectivity index (χ0n) is 12.1. The molecule has 0 aromatic heterocycles. The van der Waals surface area contributed by atoms with E-state index < -0.39 is 0 Å². The second kappa shape index (κ2) is 6.63. The number of methoxy groups -OCH3 is 1. The molecule has 110 valence electrons. The van der Waals surface area contributed by atoms with E-state index >= 15 is 0 Å². The number of nitrogens with one attached hydrogen (secondary N) is 1. The largest absolute Gasteiger partial charge is 0.496 e. The predicted molar refractivity (Wildman–Crippen MR) is 90.3 cm³/mol. The maximum absolute atomic E-state index is 7.51. The Morgan fingerprint density at radius 3 is 2.67 bits per heavy atom. The molecule has 21 heavy (non-hydrogen) atoms. The molecule has 0 aliphatic rings. The Hall–Kier alpha value is -2.01. The van der Waals surface area contributed by atoms with E-state index in [1.807, 2.05) is 49.5 Å².